The van der Waals surface area contributed by atoms with Crippen LogP contribution in [0.5, 0.6) is 0 Å². The predicted molar refractivity (Wildman–Crippen MR) is 151 cm³/mol. The number of rotatable bonds is 22. The maximum absolute atomic E-state index is 13.2. The van der Waals surface area contributed by atoms with E-state index >= 15 is 0 Å². The number of carboxylic acid groups (broad SMARTS) is 2. The molecule has 18 heteroatoms. The van der Waals surface area contributed by atoms with Crippen LogP contribution in [0.3, 0.4) is 0 Å². The van der Waals surface area contributed by atoms with Crippen LogP contribution in [0.4, 0.5) is 0 Å². The largest absolute Gasteiger partial charge is 0.481 e. The van der Waals surface area contributed by atoms with Crippen molar-refractivity contribution in [2.45, 2.75) is 82.0 Å². The molecule has 0 aliphatic rings. The van der Waals surface area contributed by atoms with Crippen molar-refractivity contribution in [2.24, 2.45) is 44.4 Å². The molecule has 0 rings (SSSR count). The molecule has 0 aromatic heterocycles. The third-order valence-corrected chi connectivity index (χ3v) is 5.72. The molecule has 0 aromatic rings. The van der Waals surface area contributed by atoms with Crippen LogP contribution in [-0.2, 0) is 24.0 Å². The first-order chi connectivity index (χ1) is 19.3. The molecule has 0 saturated carbocycles. The fraction of sp³-hybridized carbons (Fsp3) is 0.696. The van der Waals surface area contributed by atoms with Gasteiger partial charge in [0.15, 0.2) is 11.9 Å². The Hall–Kier alpha value is -4.19. The zero-order chi connectivity index (χ0) is 31.4. The zero-order valence-electron chi connectivity index (χ0n) is 23.1. The summed E-state index contributed by atoms with van der Waals surface area (Å²) in [5, 5.41) is 25.9. The van der Waals surface area contributed by atoms with Crippen LogP contribution in [0.2, 0.25) is 0 Å². The fourth-order valence-corrected chi connectivity index (χ4v) is 3.53. The van der Waals surface area contributed by atoms with Crippen LogP contribution in [0.15, 0.2) is 9.98 Å². The summed E-state index contributed by atoms with van der Waals surface area (Å²) in [6.45, 7) is 0.632. The number of aliphatic imine (C=N–C) groups is 2. The summed E-state index contributed by atoms with van der Waals surface area (Å²) < 4.78 is 0. The molecule has 0 aromatic carbocycles. The average molecular weight is 588 g/mol. The van der Waals surface area contributed by atoms with Gasteiger partial charge in [-0.3, -0.25) is 29.2 Å². The van der Waals surface area contributed by atoms with E-state index in [1.165, 1.54) is 0 Å². The highest BCUT2D eigenvalue weighted by atomic mass is 16.4. The number of hydrogen-bond donors (Lipinski definition) is 11. The average Bonchev–Trinajstić information content (AvgIpc) is 2.89. The molecule has 0 heterocycles. The van der Waals surface area contributed by atoms with Gasteiger partial charge in [0.1, 0.15) is 18.1 Å². The Morgan fingerprint density at radius 1 is 0.634 bits per heavy atom. The van der Waals surface area contributed by atoms with E-state index < -0.39 is 53.8 Å². The first kappa shape index (κ1) is 36.8. The number of carbonyl (C=O) groups excluding carboxylic acids is 3. The van der Waals surface area contributed by atoms with Crippen LogP contribution in [0, 0.1) is 0 Å². The van der Waals surface area contributed by atoms with Gasteiger partial charge in [-0.2, -0.15) is 0 Å². The lowest BCUT2D eigenvalue weighted by atomic mass is 10.0. The van der Waals surface area contributed by atoms with Crippen molar-refractivity contribution in [2.75, 3.05) is 19.6 Å². The molecule has 0 aliphatic heterocycles. The Kier molecular flexibility index (Phi) is 18.6. The summed E-state index contributed by atoms with van der Waals surface area (Å²) >= 11 is 0. The van der Waals surface area contributed by atoms with Gasteiger partial charge >= 0.3 is 11.9 Å². The maximum atomic E-state index is 13.2. The van der Waals surface area contributed by atoms with Gasteiger partial charge in [0, 0.05) is 19.5 Å². The van der Waals surface area contributed by atoms with E-state index in [1.807, 2.05) is 0 Å². The van der Waals surface area contributed by atoms with Crippen LogP contribution < -0.4 is 50.4 Å². The lowest BCUT2D eigenvalue weighted by Crippen LogP contribution is -2.57. The molecule has 4 unspecified atom stereocenters. The smallest absolute Gasteiger partial charge is 0.326 e. The van der Waals surface area contributed by atoms with Gasteiger partial charge in [-0.25, -0.2) is 4.79 Å². The van der Waals surface area contributed by atoms with Crippen molar-refractivity contribution in [1.29, 1.82) is 0 Å². The fourth-order valence-electron chi connectivity index (χ4n) is 3.53. The molecule has 17 N–H and O–H groups in total. The summed E-state index contributed by atoms with van der Waals surface area (Å²) in [6, 6.07) is -4.79. The SMILES string of the molecule is NCCCCC(NC(=O)C(N)CCC(=O)O)C(=O)NC(CCCN=C(N)N)C(=O)NC(CCCN=C(N)N)C(=O)O. The number of guanidine groups is 2. The number of nitrogens with one attached hydrogen (secondary N) is 3. The molecule has 0 aliphatic carbocycles. The lowest BCUT2D eigenvalue weighted by Gasteiger charge is -2.25. The first-order valence-electron chi connectivity index (χ1n) is 13.2. The van der Waals surface area contributed by atoms with E-state index in [0.29, 0.717) is 19.4 Å². The minimum absolute atomic E-state index is 0.0124. The molecule has 18 nitrogen and oxygen atoms in total. The second kappa shape index (κ2) is 20.7. The Labute approximate surface area is 238 Å². The van der Waals surface area contributed by atoms with E-state index in [1.54, 1.807) is 0 Å². The molecule has 234 valence electrons. The second-order valence-electron chi connectivity index (χ2n) is 9.24. The lowest BCUT2D eigenvalue weighted by molar-refractivity contribution is -0.142. The number of nitrogens with zero attached hydrogens (tertiary/aromatic N) is 2. The third kappa shape index (κ3) is 17.9. The van der Waals surface area contributed by atoms with Crippen molar-refractivity contribution in [3.05, 3.63) is 0 Å². The van der Waals surface area contributed by atoms with Crippen LogP contribution in [-0.4, -0.2) is 95.6 Å². The van der Waals surface area contributed by atoms with Crippen molar-refractivity contribution in [3.8, 4) is 0 Å². The minimum Gasteiger partial charge on any atom is -0.481 e. The van der Waals surface area contributed by atoms with E-state index in [0.717, 1.165) is 0 Å². The Morgan fingerprint density at radius 3 is 1.51 bits per heavy atom. The second-order valence-corrected chi connectivity index (χ2v) is 9.24. The summed E-state index contributed by atoms with van der Waals surface area (Å²) in [7, 11) is 0. The van der Waals surface area contributed by atoms with Gasteiger partial charge in [0.2, 0.25) is 17.7 Å². The highest BCUT2D eigenvalue weighted by Crippen LogP contribution is 2.07. The summed E-state index contributed by atoms with van der Waals surface area (Å²) in [6.07, 6.45) is 1.24. The molecule has 4 atom stereocenters. The highest BCUT2D eigenvalue weighted by Gasteiger charge is 2.30. The highest BCUT2D eigenvalue weighted by molar-refractivity contribution is 5.94. The molecule has 41 heavy (non-hydrogen) atoms. The Balaban J connectivity index is 5.67. The molecule has 0 spiro atoms. The van der Waals surface area contributed by atoms with Crippen LogP contribution in [0.1, 0.15) is 57.8 Å². The number of carbonyl (C=O) groups is 5. The maximum Gasteiger partial charge on any atom is 0.326 e. The Morgan fingerprint density at radius 2 is 1.07 bits per heavy atom. The molecule has 0 bridgehead atoms. The van der Waals surface area contributed by atoms with Crippen LogP contribution >= 0.6 is 0 Å². The molecule has 0 radical (unpaired) electrons. The molecule has 3 amide bonds. The van der Waals surface area contributed by atoms with E-state index in [2.05, 4.69) is 25.9 Å². The first-order valence-corrected chi connectivity index (χ1v) is 13.2. The van der Waals surface area contributed by atoms with E-state index in [9.17, 15) is 29.1 Å². The van der Waals surface area contributed by atoms with Gasteiger partial charge in [0.05, 0.1) is 6.04 Å². The minimum atomic E-state index is -1.30. The monoisotopic (exact) mass is 587 g/mol. The van der Waals surface area contributed by atoms with Crippen molar-refractivity contribution in [1.82, 2.24) is 16.0 Å². The van der Waals surface area contributed by atoms with Gasteiger partial charge in [-0.1, -0.05) is 0 Å². The number of nitrogens with two attached hydrogens (primary N) is 6. The van der Waals surface area contributed by atoms with Crippen molar-refractivity contribution < 1.29 is 34.2 Å². The summed E-state index contributed by atoms with van der Waals surface area (Å²) in [5.41, 5.74) is 32.5. The molecule has 0 saturated heterocycles. The summed E-state index contributed by atoms with van der Waals surface area (Å²) in [4.78, 5) is 69.0. The third-order valence-electron chi connectivity index (χ3n) is 5.72. The van der Waals surface area contributed by atoms with Gasteiger partial charge < -0.3 is 60.6 Å². The predicted octanol–water partition coefficient (Wildman–Crippen LogP) is -4.05. The Bertz CT molecular complexity index is 922. The quantitative estimate of drug-likeness (QED) is 0.0326. The number of aliphatic carboxylic acids is 2. The molecular weight excluding hydrogens is 542 g/mol. The van der Waals surface area contributed by atoms with Gasteiger partial charge in [0.25, 0.3) is 0 Å². The van der Waals surface area contributed by atoms with Gasteiger partial charge in [-0.15, -0.1) is 0 Å². The molecular formula is C23H45N11O7. The number of carboxylic acids is 2. The van der Waals surface area contributed by atoms with Gasteiger partial charge in [-0.05, 0) is 57.9 Å². The van der Waals surface area contributed by atoms with E-state index in [-0.39, 0.29) is 70.0 Å². The standard InChI is InChI=1S/C23H45N11O7/c24-10-2-1-5-14(32-18(37)13(25)8-9-17(35)36)19(38)33-15(6-3-11-30-22(26)27)20(39)34-16(21(40)41)7-4-12-31-23(28)29/h13-16H,1-12,24-25H2,(H,32,37)(H,33,38)(H,34,39)(H,35,36)(H,40,41)(H4,26,27,30)(H4,28,29,31). The van der Waals surface area contributed by atoms with E-state index in [4.69, 9.17) is 39.5 Å². The van der Waals surface area contributed by atoms with Crippen LogP contribution in [0.25, 0.3) is 0 Å². The number of unbranched alkanes of at least 4 members (excludes halogenated alkanes) is 1. The summed E-state index contributed by atoms with van der Waals surface area (Å²) in [5.74, 6) is -4.97. The molecule has 0 fully saturated rings. The topological polar surface area (TPSA) is 343 Å². The normalized spacial score (nSPS) is 13.5. The van der Waals surface area contributed by atoms with Crippen molar-refractivity contribution >= 4 is 41.6 Å². The zero-order valence-corrected chi connectivity index (χ0v) is 23.1. The number of hydrogen-bond acceptors (Lipinski definition) is 9. The van der Waals surface area contributed by atoms with Crippen molar-refractivity contribution in [3.63, 3.8) is 0 Å². The number of amides is 3.